The van der Waals surface area contributed by atoms with E-state index in [-0.39, 0.29) is 12.2 Å². The Morgan fingerprint density at radius 2 is 2.00 bits per heavy atom. The summed E-state index contributed by atoms with van der Waals surface area (Å²) in [7, 11) is 1.51. The van der Waals surface area contributed by atoms with Crippen molar-refractivity contribution < 1.29 is 18.7 Å². The summed E-state index contributed by atoms with van der Waals surface area (Å²) in [6, 6.07) is 10.2. The fraction of sp³-hybridized carbons (Fsp3) is 0.320. The quantitative estimate of drug-likeness (QED) is 0.235. The Balaban J connectivity index is 1.84. The van der Waals surface area contributed by atoms with Gasteiger partial charge in [-0.25, -0.2) is 9.59 Å². The molecule has 0 saturated heterocycles. The SMILES string of the molecule is COc1ccc2c(COC(=O)/C(C#N)=C/c3cc(C)n(CC(C)C)c3C)cc(=O)oc2c1. The van der Waals surface area contributed by atoms with Crippen molar-refractivity contribution in [3.8, 4) is 11.8 Å². The largest absolute Gasteiger partial charge is 0.497 e. The van der Waals surface area contributed by atoms with Gasteiger partial charge in [0.15, 0.2) is 0 Å². The van der Waals surface area contributed by atoms with Gasteiger partial charge in [-0.2, -0.15) is 5.26 Å². The molecule has 0 unspecified atom stereocenters. The van der Waals surface area contributed by atoms with Crippen LogP contribution in [0.15, 0.2) is 45.1 Å². The summed E-state index contributed by atoms with van der Waals surface area (Å²) < 4.78 is 17.9. The van der Waals surface area contributed by atoms with Gasteiger partial charge in [0, 0.05) is 41.0 Å². The Bertz CT molecular complexity index is 1290. The van der Waals surface area contributed by atoms with Crippen molar-refractivity contribution in [2.75, 3.05) is 7.11 Å². The highest BCUT2D eigenvalue weighted by Crippen LogP contribution is 2.24. The maximum Gasteiger partial charge on any atom is 0.349 e. The molecule has 1 aromatic carbocycles. The van der Waals surface area contributed by atoms with E-state index in [1.54, 1.807) is 24.3 Å². The number of methoxy groups -OCH3 is 1. The Kier molecular flexibility index (Phi) is 6.84. The highest BCUT2D eigenvalue weighted by Gasteiger charge is 2.16. The molecule has 0 aliphatic carbocycles. The third-order valence-corrected chi connectivity index (χ3v) is 5.20. The summed E-state index contributed by atoms with van der Waals surface area (Å²) in [4.78, 5) is 24.5. The highest BCUT2D eigenvalue weighted by atomic mass is 16.5. The van der Waals surface area contributed by atoms with Gasteiger partial charge < -0.3 is 18.5 Å². The first kappa shape index (κ1) is 22.9. The van der Waals surface area contributed by atoms with Crippen LogP contribution in [-0.2, 0) is 22.7 Å². The van der Waals surface area contributed by atoms with Crippen LogP contribution in [0.25, 0.3) is 17.0 Å². The number of hydrogen-bond acceptors (Lipinski definition) is 6. The van der Waals surface area contributed by atoms with E-state index in [2.05, 4.69) is 18.4 Å². The fourth-order valence-corrected chi connectivity index (χ4v) is 3.59. The van der Waals surface area contributed by atoms with E-state index in [9.17, 15) is 14.9 Å². The standard InChI is InChI=1S/C25H26N2O5/c1-15(2)13-27-16(3)8-18(17(27)4)9-19(12-26)25(29)31-14-20-10-24(28)32-23-11-21(30-5)6-7-22(20)23/h6-11,15H,13-14H2,1-5H3/b19-9+. The molecule has 7 nitrogen and oxygen atoms in total. The molecule has 0 atom stereocenters. The molecule has 0 aliphatic rings. The lowest BCUT2D eigenvalue weighted by Crippen LogP contribution is -2.09. The molecule has 2 aromatic heterocycles. The summed E-state index contributed by atoms with van der Waals surface area (Å²) in [6.45, 7) is 8.92. The van der Waals surface area contributed by atoms with Crippen molar-refractivity contribution in [2.24, 2.45) is 5.92 Å². The van der Waals surface area contributed by atoms with Crippen molar-refractivity contribution in [1.29, 1.82) is 5.26 Å². The molecule has 2 heterocycles. The smallest absolute Gasteiger partial charge is 0.349 e. The van der Waals surface area contributed by atoms with Gasteiger partial charge in [0.2, 0.25) is 0 Å². The average Bonchev–Trinajstić information content (AvgIpc) is 3.01. The summed E-state index contributed by atoms with van der Waals surface area (Å²) in [6.07, 6.45) is 1.55. The van der Waals surface area contributed by atoms with Crippen molar-refractivity contribution in [3.63, 3.8) is 0 Å². The van der Waals surface area contributed by atoms with Gasteiger partial charge in [-0.15, -0.1) is 0 Å². The normalized spacial score (nSPS) is 11.6. The molecule has 3 rings (SSSR count). The molecular formula is C25H26N2O5. The van der Waals surface area contributed by atoms with E-state index in [0.29, 0.717) is 28.2 Å². The lowest BCUT2D eigenvalue weighted by atomic mass is 10.1. The van der Waals surface area contributed by atoms with Crippen LogP contribution in [-0.4, -0.2) is 17.6 Å². The lowest BCUT2D eigenvalue weighted by molar-refractivity contribution is -0.139. The number of carbonyl (C=O) groups is 1. The molecule has 0 bridgehead atoms. The Morgan fingerprint density at radius 1 is 1.25 bits per heavy atom. The zero-order valence-corrected chi connectivity index (χ0v) is 18.9. The number of nitriles is 1. The van der Waals surface area contributed by atoms with Crippen molar-refractivity contribution >= 4 is 23.0 Å². The molecule has 0 fully saturated rings. The Morgan fingerprint density at radius 3 is 2.66 bits per heavy atom. The first-order valence-corrected chi connectivity index (χ1v) is 10.3. The molecule has 0 spiro atoms. The maximum atomic E-state index is 12.6. The van der Waals surface area contributed by atoms with E-state index in [0.717, 1.165) is 23.5 Å². The van der Waals surface area contributed by atoms with Crippen molar-refractivity contribution in [1.82, 2.24) is 4.57 Å². The molecule has 166 valence electrons. The zero-order chi connectivity index (χ0) is 23.4. The Labute approximate surface area is 186 Å². The number of fused-ring (bicyclic) bond motifs is 1. The van der Waals surface area contributed by atoms with Crippen LogP contribution in [0.3, 0.4) is 0 Å². The van der Waals surface area contributed by atoms with E-state index in [1.165, 1.54) is 13.2 Å². The number of ether oxygens (including phenoxy) is 2. The number of nitrogens with zero attached hydrogens (tertiary/aromatic N) is 2. The molecule has 0 amide bonds. The maximum absolute atomic E-state index is 12.6. The van der Waals surface area contributed by atoms with Crippen molar-refractivity contribution in [3.05, 3.63) is 68.8 Å². The van der Waals surface area contributed by atoms with Gasteiger partial charge in [-0.05, 0) is 49.6 Å². The monoisotopic (exact) mass is 434 g/mol. The number of aryl methyl sites for hydroxylation is 1. The zero-order valence-electron chi connectivity index (χ0n) is 18.9. The molecule has 7 heteroatoms. The minimum atomic E-state index is -0.754. The summed E-state index contributed by atoms with van der Waals surface area (Å²) in [5.74, 6) is 0.256. The predicted molar refractivity (Wildman–Crippen MR) is 121 cm³/mol. The molecule has 0 saturated carbocycles. The number of esters is 1. The molecular weight excluding hydrogens is 408 g/mol. The first-order valence-electron chi connectivity index (χ1n) is 10.3. The van der Waals surface area contributed by atoms with Crippen LogP contribution >= 0.6 is 0 Å². The van der Waals surface area contributed by atoms with Crippen LogP contribution in [0.1, 0.15) is 36.4 Å². The molecule has 0 radical (unpaired) electrons. The second-order valence-corrected chi connectivity index (χ2v) is 8.03. The minimum absolute atomic E-state index is 0.108. The van der Waals surface area contributed by atoms with E-state index in [4.69, 9.17) is 13.9 Å². The molecule has 32 heavy (non-hydrogen) atoms. The number of aromatic nitrogens is 1. The Hall–Kier alpha value is -3.79. The molecule has 3 aromatic rings. The van der Waals surface area contributed by atoms with E-state index >= 15 is 0 Å². The third kappa shape index (κ3) is 4.92. The van der Waals surface area contributed by atoms with Gasteiger partial charge in [0.1, 0.15) is 29.6 Å². The second-order valence-electron chi connectivity index (χ2n) is 8.03. The number of rotatable bonds is 7. The third-order valence-electron chi connectivity index (χ3n) is 5.20. The number of benzene rings is 1. The molecule has 0 N–H and O–H groups in total. The first-order chi connectivity index (χ1) is 15.2. The van der Waals surface area contributed by atoms with Gasteiger partial charge in [-0.3, -0.25) is 0 Å². The lowest BCUT2D eigenvalue weighted by Gasteiger charge is -2.12. The van der Waals surface area contributed by atoms with Crippen LogP contribution in [0.2, 0.25) is 0 Å². The van der Waals surface area contributed by atoms with E-state index < -0.39 is 11.6 Å². The van der Waals surface area contributed by atoms with Gasteiger partial charge in [0.25, 0.3) is 0 Å². The van der Waals surface area contributed by atoms with Crippen LogP contribution in [0.4, 0.5) is 0 Å². The summed E-state index contributed by atoms with van der Waals surface area (Å²) in [5, 5.41) is 10.2. The molecule has 0 aliphatic heterocycles. The van der Waals surface area contributed by atoms with Crippen LogP contribution < -0.4 is 10.4 Å². The number of carbonyl (C=O) groups excluding carboxylic acids is 1. The van der Waals surface area contributed by atoms with Gasteiger partial charge in [-0.1, -0.05) is 13.8 Å². The fourth-order valence-electron chi connectivity index (χ4n) is 3.59. The van der Waals surface area contributed by atoms with Gasteiger partial charge in [0.05, 0.1) is 7.11 Å². The average molecular weight is 434 g/mol. The van der Waals surface area contributed by atoms with Crippen molar-refractivity contribution in [2.45, 2.75) is 40.8 Å². The minimum Gasteiger partial charge on any atom is -0.497 e. The second kappa shape index (κ2) is 9.56. The summed E-state index contributed by atoms with van der Waals surface area (Å²) >= 11 is 0. The van der Waals surface area contributed by atoms with Gasteiger partial charge >= 0.3 is 11.6 Å². The van der Waals surface area contributed by atoms with Crippen LogP contribution in [0.5, 0.6) is 5.75 Å². The topological polar surface area (TPSA) is 94.5 Å². The highest BCUT2D eigenvalue weighted by molar-refractivity contribution is 5.98. The van der Waals surface area contributed by atoms with E-state index in [1.807, 2.05) is 26.0 Å². The number of hydrogen-bond donors (Lipinski definition) is 0. The summed E-state index contributed by atoms with van der Waals surface area (Å²) in [5.41, 5.74) is 2.99. The van der Waals surface area contributed by atoms with Crippen LogP contribution in [0, 0.1) is 31.1 Å². The predicted octanol–water partition coefficient (Wildman–Crippen LogP) is 4.53.